The maximum atomic E-state index is 13.7. The van der Waals surface area contributed by atoms with E-state index in [0.29, 0.717) is 36.2 Å². The minimum atomic E-state index is -0.942. The van der Waals surface area contributed by atoms with Gasteiger partial charge in [-0.05, 0) is 47.7 Å². The fourth-order valence-electron chi connectivity index (χ4n) is 4.58. The van der Waals surface area contributed by atoms with E-state index in [1.165, 1.54) is 6.07 Å². The molecule has 0 aliphatic carbocycles. The van der Waals surface area contributed by atoms with Crippen molar-refractivity contribution in [3.63, 3.8) is 0 Å². The number of hydrogen-bond donors (Lipinski definition) is 1. The molecule has 0 saturated carbocycles. The molecule has 1 aliphatic heterocycles. The molecular weight excluding hydrogens is 462 g/mol. The van der Waals surface area contributed by atoms with Crippen LogP contribution < -0.4 is 15.0 Å². The fraction of sp³-hybridized carbons (Fsp3) is 0.393. The molecule has 8 heteroatoms. The van der Waals surface area contributed by atoms with Crippen molar-refractivity contribution in [3.8, 4) is 5.88 Å². The van der Waals surface area contributed by atoms with Crippen LogP contribution in [0.1, 0.15) is 50.6 Å². The monoisotopic (exact) mass is 494 g/mol. The summed E-state index contributed by atoms with van der Waals surface area (Å²) in [6, 6.07) is 13.0. The summed E-state index contributed by atoms with van der Waals surface area (Å²) in [6.45, 7) is 9.40. The normalized spacial score (nSPS) is 16.9. The van der Waals surface area contributed by atoms with Crippen LogP contribution in [0.25, 0.3) is 0 Å². The number of benzene rings is 1. The number of aromatic nitrogens is 2. The Morgan fingerprint density at radius 3 is 2.56 bits per heavy atom. The van der Waals surface area contributed by atoms with Crippen LogP contribution >= 0.6 is 0 Å². The molecule has 0 spiro atoms. The summed E-state index contributed by atoms with van der Waals surface area (Å²) < 4.78 is 32.9. The molecule has 6 nitrogen and oxygen atoms in total. The summed E-state index contributed by atoms with van der Waals surface area (Å²) >= 11 is 0. The summed E-state index contributed by atoms with van der Waals surface area (Å²) in [4.78, 5) is 25.1. The van der Waals surface area contributed by atoms with Gasteiger partial charge < -0.3 is 15.0 Å². The number of amides is 1. The second-order valence-electron chi connectivity index (χ2n) is 9.89. The van der Waals surface area contributed by atoms with Crippen molar-refractivity contribution in [2.75, 3.05) is 11.5 Å². The molecule has 1 aromatic carbocycles. The van der Waals surface area contributed by atoms with Gasteiger partial charge >= 0.3 is 0 Å². The smallest absolute Gasteiger partial charge is 0.231 e. The highest BCUT2D eigenvalue weighted by molar-refractivity contribution is 5.89. The van der Waals surface area contributed by atoms with Crippen molar-refractivity contribution in [1.82, 2.24) is 15.3 Å². The summed E-state index contributed by atoms with van der Waals surface area (Å²) in [5.74, 6) is -1.74. The molecule has 4 rings (SSSR count). The van der Waals surface area contributed by atoms with Crippen molar-refractivity contribution >= 4 is 11.6 Å². The first-order valence-corrected chi connectivity index (χ1v) is 12.3. The van der Waals surface area contributed by atoms with Crippen LogP contribution in [0, 0.1) is 23.5 Å². The molecule has 190 valence electrons. The molecule has 2 aromatic heterocycles. The molecule has 36 heavy (non-hydrogen) atoms. The predicted molar refractivity (Wildman–Crippen MR) is 135 cm³/mol. The lowest BCUT2D eigenvalue weighted by Gasteiger charge is -2.32. The first-order valence-electron chi connectivity index (χ1n) is 12.3. The van der Waals surface area contributed by atoms with Crippen molar-refractivity contribution in [3.05, 3.63) is 83.3 Å². The first-order chi connectivity index (χ1) is 17.2. The van der Waals surface area contributed by atoms with Crippen LogP contribution in [0.4, 0.5) is 14.5 Å². The Labute approximate surface area is 210 Å². The minimum Gasteiger partial charge on any atom is -0.477 e. The van der Waals surface area contributed by atoms with Crippen LogP contribution in [0.5, 0.6) is 5.88 Å². The van der Waals surface area contributed by atoms with Crippen molar-refractivity contribution in [2.24, 2.45) is 11.8 Å². The van der Waals surface area contributed by atoms with Gasteiger partial charge in [0.1, 0.15) is 5.92 Å². The number of nitrogens with zero attached hydrogens (tertiary/aromatic N) is 3. The van der Waals surface area contributed by atoms with E-state index >= 15 is 0 Å². The van der Waals surface area contributed by atoms with Gasteiger partial charge in [0.2, 0.25) is 11.8 Å². The zero-order chi connectivity index (χ0) is 25.8. The van der Waals surface area contributed by atoms with Gasteiger partial charge in [-0.2, -0.15) is 0 Å². The Morgan fingerprint density at radius 2 is 1.89 bits per heavy atom. The molecule has 1 aliphatic rings. The number of pyridine rings is 2. The van der Waals surface area contributed by atoms with Gasteiger partial charge in [-0.1, -0.05) is 39.8 Å². The summed E-state index contributed by atoms with van der Waals surface area (Å²) in [5, 5.41) is 2.92. The third-order valence-corrected chi connectivity index (χ3v) is 6.22. The first kappa shape index (κ1) is 25.5. The van der Waals surface area contributed by atoms with Crippen LogP contribution in [0.3, 0.4) is 0 Å². The lowest BCUT2D eigenvalue weighted by Crippen LogP contribution is -2.43. The van der Waals surface area contributed by atoms with E-state index in [-0.39, 0.29) is 24.4 Å². The number of ether oxygens (including phenoxy) is 1. The Hall–Kier alpha value is -3.55. The molecule has 3 aromatic rings. The van der Waals surface area contributed by atoms with E-state index in [2.05, 4.69) is 42.9 Å². The maximum absolute atomic E-state index is 13.7. The second kappa shape index (κ2) is 11.0. The molecule has 0 saturated heterocycles. The number of rotatable bonds is 9. The van der Waals surface area contributed by atoms with Crippen molar-refractivity contribution < 1.29 is 18.3 Å². The van der Waals surface area contributed by atoms with E-state index < -0.39 is 17.6 Å². The summed E-state index contributed by atoms with van der Waals surface area (Å²) in [7, 11) is 0. The highest BCUT2D eigenvalue weighted by Crippen LogP contribution is 2.44. The number of halogens is 2. The maximum Gasteiger partial charge on any atom is 0.231 e. The zero-order valence-corrected chi connectivity index (χ0v) is 21.0. The molecule has 2 unspecified atom stereocenters. The van der Waals surface area contributed by atoms with Crippen LogP contribution in [-0.2, 0) is 17.9 Å². The van der Waals surface area contributed by atoms with Gasteiger partial charge in [-0.25, -0.2) is 13.8 Å². The Bertz CT molecular complexity index is 1200. The topological polar surface area (TPSA) is 67.3 Å². The number of nitrogens with one attached hydrogen (secondary N) is 1. The average Bonchev–Trinajstić information content (AvgIpc) is 3.17. The standard InChI is InChI=1S/C28H32F2N4O2/c1-17(2)16-36-24-11-10-23-26(33-24)25(28(35)32-14-19-8-9-21(29)22(30)13-19)27(18(3)4)34(23)15-20-7-5-6-12-31-20/h5-13,17-18,25,27H,14-16H2,1-4H3,(H,32,35). The third kappa shape index (κ3) is 5.64. The molecule has 0 bridgehead atoms. The SMILES string of the molecule is CC(C)COc1ccc2c(n1)C(C(=O)NCc1ccc(F)c(F)c1)C(C(C)C)N2Cc1ccccn1. The van der Waals surface area contributed by atoms with Gasteiger partial charge in [-0.3, -0.25) is 9.78 Å². The van der Waals surface area contributed by atoms with Gasteiger partial charge in [-0.15, -0.1) is 0 Å². The molecule has 1 N–H and O–H groups in total. The van der Waals surface area contributed by atoms with E-state index in [1.807, 2.05) is 30.3 Å². The largest absolute Gasteiger partial charge is 0.477 e. The quantitative estimate of drug-likeness (QED) is 0.441. The third-order valence-electron chi connectivity index (χ3n) is 6.22. The van der Waals surface area contributed by atoms with Crippen LogP contribution in [0.2, 0.25) is 0 Å². The number of carbonyl (C=O) groups is 1. The Kier molecular flexibility index (Phi) is 7.82. The van der Waals surface area contributed by atoms with Gasteiger partial charge in [0.05, 0.1) is 30.2 Å². The second-order valence-corrected chi connectivity index (χ2v) is 9.89. The molecule has 2 atom stereocenters. The van der Waals surface area contributed by atoms with E-state index in [4.69, 9.17) is 9.72 Å². The van der Waals surface area contributed by atoms with Crippen LogP contribution in [-0.4, -0.2) is 28.5 Å². The van der Waals surface area contributed by atoms with E-state index in [9.17, 15) is 13.6 Å². The molecule has 3 heterocycles. The average molecular weight is 495 g/mol. The summed E-state index contributed by atoms with van der Waals surface area (Å²) in [5.41, 5.74) is 2.88. The van der Waals surface area contributed by atoms with Gasteiger partial charge in [0.15, 0.2) is 11.6 Å². The zero-order valence-electron chi connectivity index (χ0n) is 21.0. The summed E-state index contributed by atoms with van der Waals surface area (Å²) in [6.07, 6.45) is 1.75. The number of hydrogen-bond acceptors (Lipinski definition) is 5. The van der Waals surface area contributed by atoms with Crippen LogP contribution in [0.15, 0.2) is 54.7 Å². The number of anilines is 1. The van der Waals surface area contributed by atoms with Gasteiger partial charge in [0, 0.05) is 24.8 Å². The lowest BCUT2D eigenvalue weighted by atomic mass is 9.89. The van der Waals surface area contributed by atoms with E-state index in [1.54, 1.807) is 6.20 Å². The molecule has 0 radical (unpaired) electrons. The highest BCUT2D eigenvalue weighted by atomic mass is 19.2. The highest BCUT2D eigenvalue weighted by Gasteiger charge is 2.45. The Balaban J connectivity index is 1.66. The minimum absolute atomic E-state index is 0.0798. The number of fused-ring (bicyclic) bond motifs is 1. The molecular formula is C28H32F2N4O2. The fourth-order valence-corrected chi connectivity index (χ4v) is 4.58. The Morgan fingerprint density at radius 1 is 1.08 bits per heavy atom. The molecule has 0 fully saturated rings. The van der Waals surface area contributed by atoms with E-state index in [0.717, 1.165) is 23.5 Å². The van der Waals surface area contributed by atoms with Crippen molar-refractivity contribution in [1.29, 1.82) is 0 Å². The van der Waals surface area contributed by atoms with Gasteiger partial charge in [0.25, 0.3) is 0 Å². The molecule has 1 amide bonds. The number of carbonyl (C=O) groups excluding carboxylic acids is 1. The van der Waals surface area contributed by atoms with Crippen molar-refractivity contribution in [2.45, 2.75) is 52.7 Å². The lowest BCUT2D eigenvalue weighted by molar-refractivity contribution is -0.123. The predicted octanol–water partition coefficient (Wildman–Crippen LogP) is 5.23.